The van der Waals surface area contributed by atoms with Gasteiger partial charge in [-0.2, -0.15) is 0 Å². The van der Waals surface area contributed by atoms with Crippen molar-refractivity contribution in [3.8, 4) is 11.5 Å². The van der Waals surface area contributed by atoms with Crippen molar-refractivity contribution in [2.75, 3.05) is 18.5 Å². The first-order valence-electron chi connectivity index (χ1n) is 17.7. The zero-order chi connectivity index (χ0) is 40.4. The number of carbonyl (C=O) groups is 7. The van der Waals surface area contributed by atoms with Crippen LogP contribution in [0.4, 0.5) is 10.5 Å². The van der Waals surface area contributed by atoms with Gasteiger partial charge in [0.1, 0.15) is 23.6 Å². The third-order valence-electron chi connectivity index (χ3n) is 9.10. The number of urea groups is 1. The Morgan fingerprint density at radius 2 is 1.61 bits per heavy atom. The van der Waals surface area contributed by atoms with Crippen LogP contribution in [0.3, 0.4) is 0 Å². The molecule has 0 spiro atoms. The maximum Gasteiger partial charge on any atom is 0.341 e. The Kier molecular flexibility index (Phi) is 14.1. The van der Waals surface area contributed by atoms with E-state index in [9.17, 15) is 38.7 Å². The Bertz CT molecular complexity index is 1960. The average molecular weight is 809 g/mol. The fourth-order valence-corrected chi connectivity index (χ4v) is 6.84. The van der Waals surface area contributed by atoms with Gasteiger partial charge in [-0.05, 0) is 80.6 Å². The Morgan fingerprint density at radius 1 is 0.929 bits per heavy atom. The van der Waals surface area contributed by atoms with Gasteiger partial charge in [0.15, 0.2) is 12.4 Å². The standard InChI is InChI=1S/C39H39Cl2N5O10/c1-2-8-23(37(51)52)21-30(32(47)22-55-38(53)34-27(40)11-6-12-28(34)41)43-35(49)31-13-7-20-45-33(48)19-18-29(36(50)46(31)45)44-39(54)42-24-14-16-26(17-15-24)56-25-9-4-3-5-10-25/h2-6,9-12,14-17,23,29-31H,1,7-8,13,18-22H2,(H,43,49)(H,51,52)(H2,42,44,54)/t23?,29-,30-,31-/m0/s1. The summed E-state index contributed by atoms with van der Waals surface area (Å²) in [5.74, 6) is -5.20. The number of rotatable bonds is 15. The van der Waals surface area contributed by atoms with Gasteiger partial charge in [0, 0.05) is 18.7 Å². The SMILES string of the molecule is C=CCC(C[C@H](NC(=O)[C@@H]1CCCN2C(=O)CC[C@H](NC(=O)Nc3ccc(Oc4ccccc4)cc3)C(=O)N12)C(=O)COC(=O)c1c(Cl)cccc1Cl)C(=O)O. The van der Waals surface area contributed by atoms with Gasteiger partial charge in [-0.25, -0.2) is 14.6 Å². The number of hydrogen-bond acceptors (Lipinski definition) is 9. The number of amides is 5. The van der Waals surface area contributed by atoms with E-state index in [0.717, 1.165) is 10.0 Å². The Hall–Kier alpha value is -5.93. The molecule has 5 amide bonds. The summed E-state index contributed by atoms with van der Waals surface area (Å²) in [7, 11) is 0. The van der Waals surface area contributed by atoms with Crippen molar-refractivity contribution >= 4 is 70.4 Å². The molecule has 5 rings (SSSR count). The van der Waals surface area contributed by atoms with Crippen LogP contribution in [0.1, 0.15) is 48.9 Å². The van der Waals surface area contributed by atoms with Crippen LogP contribution < -0.4 is 20.7 Å². The number of carboxylic acids is 1. The minimum atomic E-state index is -1.50. The number of fused-ring (bicyclic) bond motifs is 1. The summed E-state index contributed by atoms with van der Waals surface area (Å²) in [6.45, 7) is 2.80. The van der Waals surface area contributed by atoms with E-state index in [1.54, 1.807) is 36.4 Å². The fraction of sp³-hybridized carbons (Fsp3) is 0.308. The molecule has 3 aromatic rings. The Labute approximate surface area is 331 Å². The summed E-state index contributed by atoms with van der Waals surface area (Å²) < 4.78 is 10.9. The zero-order valence-corrected chi connectivity index (χ0v) is 31.5. The number of nitrogens with one attached hydrogen (secondary N) is 3. The number of carbonyl (C=O) groups excluding carboxylic acids is 6. The highest BCUT2D eigenvalue weighted by Crippen LogP contribution is 2.28. The summed E-state index contributed by atoms with van der Waals surface area (Å²) >= 11 is 12.2. The second-order valence-electron chi connectivity index (χ2n) is 13.0. The van der Waals surface area contributed by atoms with Gasteiger partial charge in [0.25, 0.3) is 5.91 Å². The highest BCUT2D eigenvalue weighted by atomic mass is 35.5. The van der Waals surface area contributed by atoms with E-state index in [0.29, 0.717) is 23.6 Å². The minimum Gasteiger partial charge on any atom is -0.481 e. The number of halogens is 2. The minimum absolute atomic E-state index is 0.0243. The van der Waals surface area contributed by atoms with Crippen LogP contribution in [0.25, 0.3) is 0 Å². The van der Waals surface area contributed by atoms with Crippen molar-refractivity contribution in [3.05, 3.63) is 101 Å². The molecular formula is C39H39Cl2N5O10. The number of hydrazine groups is 1. The average Bonchev–Trinajstić information content (AvgIpc) is 3.29. The Morgan fingerprint density at radius 3 is 2.27 bits per heavy atom. The van der Waals surface area contributed by atoms with Gasteiger partial charge in [-0.3, -0.25) is 29.0 Å². The van der Waals surface area contributed by atoms with E-state index in [2.05, 4.69) is 22.5 Å². The maximum atomic E-state index is 14.0. The van der Waals surface area contributed by atoms with Gasteiger partial charge in [0.2, 0.25) is 11.8 Å². The van der Waals surface area contributed by atoms with Gasteiger partial charge in [-0.15, -0.1) is 6.58 Å². The number of allylic oxidation sites excluding steroid dienone is 1. The number of nitrogens with zero attached hydrogens (tertiary/aromatic N) is 2. The molecule has 17 heteroatoms. The van der Waals surface area contributed by atoms with Crippen LogP contribution in [-0.2, 0) is 28.7 Å². The molecule has 2 saturated heterocycles. The largest absolute Gasteiger partial charge is 0.481 e. The summed E-state index contributed by atoms with van der Waals surface area (Å²) in [5, 5.41) is 19.7. The number of para-hydroxylation sites is 1. The number of hydrogen-bond donors (Lipinski definition) is 4. The molecule has 2 heterocycles. The predicted molar refractivity (Wildman–Crippen MR) is 204 cm³/mol. The molecule has 0 aliphatic carbocycles. The molecule has 0 radical (unpaired) electrons. The third-order valence-corrected chi connectivity index (χ3v) is 9.73. The van der Waals surface area contributed by atoms with Crippen molar-refractivity contribution in [1.82, 2.24) is 20.7 Å². The lowest BCUT2D eigenvalue weighted by atomic mass is 9.94. The summed E-state index contributed by atoms with van der Waals surface area (Å²) in [6.07, 6.45) is 1.11. The molecule has 15 nitrogen and oxygen atoms in total. The van der Waals surface area contributed by atoms with Crippen LogP contribution in [0.5, 0.6) is 11.5 Å². The molecule has 4 N–H and O–H groups in total. The van der Waals surface area contributed by atoms with Crippen molar-refractivity contribution in [1.29, 1.82) is 0 Å². The zero-order valence-electron chi connectivity index (χ0n) is 30.0. The molecule has 4 atom stereocenters. The number of benzene rings is 3. The smallest absolute Gasteiger partial charge is 0.341 e. The van der Waals surface area contributed by atoms with Gasteiger partial charge >= 0.3 is 18.0 Å². The van der Waals surface area contributed by atoms with Crippen molar-refractivity contribution < 1.29 is 48.1 Å². The number of carboxylic acid groups (broad SMARTS) is 1. The Balaban J connectivity index is 1.29. The van der Waals surface area contributed by atoms with E-state index >= 15 is 0 Å². The molecule has 2 aliphatic heterocycles. The van der Waals surface area contributed by atoms with Crippen molar-refractivity contribution in [2.45, 2.75) is 56.7 Å². The van der Waals surface area contributed by atoms with E-state index in [4.69, 9.17) is 32.7 Å². The van der Waals surface area contributed by atoms with Gasteiger partial charge in [-0.1, -0.05) is 53.5 Å². The number of esters is 1. The van der Waals surface area contributed by atoms with E-state index in [-0.39, 0.29) is 47.8 Å². The van der Waals surface area contributed by atoms with Crippen LogP contribution in [0, 0.1) is 5.92 Å². The molecule has 0 saturated carbocycles. The molecule has 1 unspecified atom stereocenters. The number of ketones is 1. The number of anilines is 1. The molecule has 56 heavy (non-hydrogen) atoms. The molecular weight excluding hydrogens is 769 g/mol. The van der Waals surface area contributed by atoms with Crippen LogP contribution in [0.2, 0.25) is 10.0 Å². The molecule has 0 bridgehead atoms. The maximum absolute atomic E-state index is 14.0. The van der Waals surface area contributed by atoms with Gasteiger partial charge < -0.3 is 30.5 Å². The quantitative estimate of drug-likeness (QED) is 0.114. The molecule has 294 valence electrons. The lowest BCUT2D eigenvalue weighted by molar-refractivity contribution is -0.176. The lowest BCUT2D eigenvalue weighted by Crippen LogP contribution is -2.64. The number of ether oxygens (including phenoxy) is 2. The van der Waals surface area contributed by atoms with Crippen LogP contribution in [-0.4, -0.2) is 87.9 Å². The summed E-state index contributed by atoms with van der Waals surface area (Å²) in [5.41, 5.74) is 0.207. The van der Waals surface area contributed by atoms with E-state index < -0.39 is 78.5 Å². The summed E-state index contributed by atoms with van der Waals surface area (Å²) in [6, 6.07) is 15.2. The van der Waals surface area contributed by atoms with Crippen molar-refractivity contribution in [2.24, 2.45) is 5.92 Å². The van der Waals surface area contributed by atoms with E-state index in [1.807, 2.05) is 18.2 Å². The highest BCUT2D eigenvalue weighted by molar-refractivity contribution is 6.39. The monoisotopic (exact) mass is 807 g/mol. The second-order valence-corrected chi connectivity index (χ2v) is 13.8. The lowest BCUT2D eigenvalue weighted by Gasteiger charge is -2.43. The summed E-state index contributed by atoms with van der Waals surface area (Å²) in [4.78, 5) is 92.8. The fourth-order valence-electron chi connectivity index (χ4n) is 6.29. The molecule has 2 fully saturated rings. The normalized spacial score (nSPS) is 17.7. The van der Waals surface area contributed by atoms with Crippen molar-refractivity contribution in [3.63, 3.8) is 0 Å². The topological polar surface area (TPSA) is 201 Å². The highest BCUT2D eigenvalue weighted by Gasteiger charge is 2.45. The molecule has 2 aliphatic rings. The van der Waals surface area contributed by atoms with Crippen LogP contribution in [0.15, 0.2) is 85.5 Å². The second kappa shape index (κ2) is 19.1. The molecule has 3 aromatic carbocycles. The van der Waals surface area contributed by atoms with Crippen LogP contribution >= 0.6 is 23.2 Å². The first-order chi connectivity index (χ1) is 26.9. The van der Waals surface area contributed by atoms with E-state index in [1.165, 1.54) is 24.3 Å². The number of Topliss-reactive ketones (excluding diaryl/α,β-unsaturated/α-hetero) is 1. The first-order valence-corrected chi connectivity index (χ1v) is 18.4. The first kappa shape index (κ1) is 41.2. The van der Waals surface area contributed by atoms with Gasteiger partial charge in [0.05, 0.1) is 27.6 Å². The number of aliphatic carboxylic acids is 1. The predicted octanol–water partition coefficient (Wildman–Crippen LogP) is 5.38. The molecule has 0 aromatic heterocycles. The third kappa shape index (κ3) is 10.4.